The summed E-state index contributed by atoms with van der Waals surface area (Å²) in [6.07, 6.45) is 4.25. The highest BCUT2D eigenvalue weighted by Gasteiger charge is 2.34. The lowest BCUT2D eigenvalue weighted by molar-refractivity contribution is 0.253. The Morgan fingerprint density at radius 3 is 2.38 bits per heavy atom. The Hall–Kier alpha value is -0.870. The first-order chi connectivity index (χ1) is 7.33. The van der Waals surface area contributed by atoms with Crippen molar-refractivity contribution >= 4 is 9.84 Å². The van der Waals surface area contributed by atoms with Gasteiger partial charge < -0.3 is 5.73 Å². The highest BCUT2D eigenvalue weighted by Crippen LogP contribution is 2.39. The molecule has 0 saturated heterocycles. The minimum absolute atomic E-state index is 0.298. The largest absolute Gasteiger partial charge is 0.321 e. The minimum atomic E-state index is -3.16. The molecule has 0 unspecified atom stereocenters. The lowest BCUT2D eigenvalue weighted by Crippen LogP contribution is -2.43. The molecule has 1 fully saturated rings. The molecule has 2 rings (SSSR count). The zero-order valence-corrected chi connectivity index (χ0v) is 10.5. The molecule has 0 radical (unpaired) electrons. The van der Waals surface area contributed by atoms with Crippen molar-refractivity contribution in [3.05, 3.63) is 29.3 Å². The van der Waals surface area contributed by atoms with Crippen LogP contribution in [-0.2, 0) is 15.4 Å². The van der Waals surface area contributed by atoms with Crippen molar-refractivity contribution in [1.82, 2.24) is 0 Å². The van der Waals surface area contributed by atoms with Crippen LogP contribution < -0.4 is 5.73 Å². The molecule has 2 N–H and O–H groups in total. The Balaban J connectivity index is 2.52. The van der Waals surface area contributed by atoms with Crippen LogP contribution in [0.3, 0.4) is 0 Å². The molecule has 16 heavy (non-hydrogen) atoms. The molecule has 88 valence electrons. The first kappa shape index (κ1) is 11.6. The number of hydrogen-bond acceptors (Lipinski definition) is 3. The Morgan fingerprint density at radius 2 is 1.94 bits per heavy atom. The molecule has 0 atom stereocenters. The van der Waals surface area contributed by atoms with E-state index < -0.39 is 9.84 Å². The zero-order chi connectivity index (χ0) is 12.0. The predicted molar refractivity (Wildman–Crippen MR) is 64.0 cm³/mol. The number of rotatable bonds is 2. The van der Waals surface area contributed by atoms with E-state index in [2.05, 4.69) is 0 Å². The van der Waals surface area contributed by atoms with E-state index in [1.807, 2.05) is 19.1 Å². The number of nitrogens with two attached hydrogens (primary N) is 1. The minimum Gasteiger partial charge on any atom is -0.321 e. The lowest BCUT2D eigenvalue weighted by atomic mass is 9.73. The summed E-state index contributed by atoms with van der Waals surface area (Å²) in [5, 5.41) is 0. The molecule has 1 aliphatic rings. The highest BCUT2D eigenvalue weighted by atomic mass is 32.2. The topological polar surface area (TPSA) is 60.2 Å². The van der Waals surface area contributed by atoms with Crippen molar-refractivity contribution in [2.75, 3.05) is 6.26 Å². The second-order valence-electron chi connectivity index (χ2n) is 4.76. The monoisotopic (exact) mass is 239 g/mol. The average molecular weight is 239 g/mol. The van der Waals surface area contributed by atoms with Crippen LogP contribution in [0.25, 0.3) is 0 Å². The summed E-state index contributed by atoms with van der Waals surface area (Å²) in [7, 11) is -3.16. The molecule has 0 heterocycles. The van der Waals surface area contributed by atoms with Gasteiger partial charge in [-0.2, -0.15) is 0 Å². The quantitative estimate of drug-likeness (QED) is 0.855. The van der Waals surface area contributed by atoms with Gasteiger partial charge in [0.1, 0.15) is 0 Å². The summed E-state index contributed by atoms with van der Waals surface area (Å²) in [6.45, 7) is 1.81. The van der Waals surface area contributed by atoms with Crippen LogP contribution >= 0.6 is 0 Å². The Morgan fingerprint density at radius 1 is 1.31 bits per heavy atom. The lowest BCUT2D eigenvalue weighted by Gasteiger charge is -2.38. The maximum absolute atomic E-state index is 11.6. The molecule has 0 amide bonds. The number of benzene rings is 1. The Kier molecular flexibility index (Phi) is 2.59. The van der Waals surface area contributed by atoms with E-state index in [4.69, 9.17) is 5.73 Å². The smallest absolute Gasteiger partial charge is 0.175 e. The summed E-state index contributed by atoms with van der Waals surface area (Å²) in [5.41, 5.74) is 7.63. The SMILES string of the molecule is Cc1ccc(C2(N)CCC2)cc1S(C)(=O)=O. The maximum atomic E-state index is 11.6. The van der Waals surface area contributed by atoms with Crippen LogP contribution in [0, 0.1) is 6.92 Å². The van der Waals surface area contributed by atoms with E-state index in [9.17, 15) is 8.42 Å². The fourth-order valence-electron chi connectivity index (χ4n) is 2.16. The van der Waals surface area contributed by atoms with Crippen LogP contribution in [0.1, 0.15) is 30.4 Å². The normalized spacial score (nSPS) is 19.2. The molecule has 0 aromatic heterocycles. The van der Waals surface area contributed by atoms with Gasteiger partial charge in [0.25, 0.3) is 0 Å². The summed E-state index contributed by atoms with van der Waals surface area (Å²) >= 11 is 0. The van der Waals surface area contributed by atoms with Crippen LogP contribution in [0.2, 0.25) is 0 Å². The van der Waals surface area contributed by atoms with Crippen molar-refractivity contribution in [3.63, 3.8) is 0 Å². The molecule has 1 aliphatic carbocycles. The fraction of sp³-hybridized carbons (Fsp3) is 0.500. The molecule has 0 spiro atoms. The molecule has 4 heteroatoms. The molecule has 1 saturated carbocycles. The standard InChI is InChI=1S/C12H17NO2S/c1-9-4-5-10(12(13)6-3-7-12)8-11(9)16(2,14)15/h4-5,8H,3,6-7,13H2,1-2H3. The Bertz CT molecular complexity index is 516. The van der Waals surface area contributed by atoms with E-state index in [-0.39, 0.29) is 5.54 Å². The molecule has 1 aromatic carbocycles. The maximum Gasteiger partial charge on any atom is 0.175 e. The van der Waals surface area contributed by atoms with Gasteiger partial charge in [-0.15, -0.1) is 0 Å². The van der Waals surface area contributed by atoms with E-state index in [1.54, 1.807) is 6.07 Å². The van der Waals surface area contributed by atoms with Gasteiger partial charge >= 0.3 is 0 Å². The van der Waals surface area contributed by atoms with Crippen LogP contribution in [0.4, 0.5) is 0 Å². The molecule has 3 nitrogen and oxygen atoms in total. The number of hydrogen-bond donors (Lipinski definition) is 1. The first-order valence-electron chi connectivity index (χ1n) is 5.43. The van der Waals surface area contributed by atoms with Gasteiger partial charge in [-0.1, -0.05) is 12.1 Å². The van der Waals surface area contributed by atoms with Gasteiger partial charge in [-0.25, -0.2) is 8.42 Å². The molecule has 0 bridgehead atoms. The number of sulfone groups is 1. The summed E-state index contributed by atoms with van der Waals surface area (Å²) in [4.78, 5) is 0.404. The van der Waals surface area contributed by atoms with E-state index in [1.165, 1.54) is 6.26 Å². The van der Waals surface area contributed by atoms with Crippen LogP contribution in [0.15, 0.2) is 23.1 Å². The molecular weight excluding hydrogens is 222 g/mol. The van der Waals surface area contributed by atoms with Crippen molar-refractivity contribution in [1.29, 1.82) is 0 Å². The van der Waals surface area contributed by atoms with Gasteiger partial charge in [-0.05, 0) is 43.4 Å². The van der Waals surface area contributed by atoms with E-state index in [0.29, 0.717) is 4.90 Å². The third kappa shape index (κ3) is 1.87. The van der Waals surface area contributed by atoms with Crippen molar-refractivity contribution in [3.8, 4) is 0 Å². The fourth-order valence-corrected chi connectivity index (χ4v) is 3.15. The molecule has 0 aliphatic heterocycles. The van der Waals surface area contributed by atoms with E-state index >= 15 is 0 Å². The van der Waals surface area contributed by atoms with Crippen LogP contribution in [-0.4, -0.2) is 14.7 Å². The second kappa shape index (κ2) is 3.57. The van der Waals surface area contributed by atoms with E-state index in [0.717, 1.165) is 30.4 Å². The van der Waals surface area contributed by atoms with Gasteiger partial charge in [0.05, 0.1) is 4.90 Å². The summed E-state index contributed by atoms with van der Waals surface area (Å²) in [5.74, 6) is 0. The van der Waals surface area contributed by atoms with Gasteiger partial charge in [0.2, 0.25) is 0 Å². The Labute approximate surface area is 96.6 Å². The second-order valence-corrected chi connectivity index (χ2v) is 6.75. The van der Waals surface area contributed by atoms with Crippen molar-refractivity contribution in [2.24, 2.45) is 5.73 Å². The first-order valence-corrected chi connectivity index (χ1v) is 7.32. The summed E-state index contributed by atoms with van der Waals surface area (Å²) < 4.78 is 23.2. The van der Waals surface area contributed by atoms with Crippen LogP contribution in [0.5, 0.6) is 0 Å². The average Bonchev–Trinajstić information content (AvgIpc) is 2.13. The van der Waals surface area contributed by atoms with Gasteiger partial charge in [-0.3, -0.25) is 0 Å². The third-order valence-corrected chi connectivity index (χ3v) is 4.65. The van der Waals surface area contributed by atoms with Gasteiger partial charge in [0.15, 0.2) is 9.84 Å². The molecule has 1 aromatic rings. The predicted octanol–water partition coefficient (Wildman–Crippen LogP) is 1.74. The third-order valence-electron chi connectivity index (χ3n) is 3.41. The van der Waals surface area contributed by atoms with Gasteiger partial charge in [0, 0.05) is 11.8 Å². The molecular formula is C12H17NO2S. The number of aryl methyl sites for hydroxylation is 1. The van der Waals surface area contributed by atoms with Crippen molar-refractivity contribution in [2.45, 2.75) is 36.6 Å². The zero-order valence-electron chi connectivity index (χ0n) is 9.66. The summed E-state index contributed by atoms with van der Waals surface area (Å²) in [6, 6.07) is 5.53. The highest BCUT2D eigenvalue weighted by molar-refractivity contribution is 7.90. The van der Waals surface area contributed by atoms with Crippen molar-refractivity contribution < 1.29 is 8.42 Å².